The lowest BCUT2D eigenvalue weighted by molar-refractivity contribution is 0.0953. The van der Waals surface area contributed by atoms with Crippen LogP contribution < -0.4 is 15.8 Å². The Labute approximate surface area is 101 Å². The monoisotopic (exact) mass is 234 g/mol. The van der Waals surface area contributed by atoms with E-state index in [0.717, 1.165) is 18.9 Å². The molecule has 0 aromatic heterocycles. The third-order valence-electron chi connectivity index (χ3n) is 3.04. The lowest BCUT2D eigenvalue weighted by Gasteiger charge is -2.08. The molecule has 0 bridgehead atoms. The van der Waals surface area contributed by atoms with Crippen molar-refractivity contribution in [1.82, 2.24) is 5.32 Å². The van der Waals surface area contributed by atoms with Gasteiger partial charge in [-0.2, -0.15) is 0 Å². The molecule has 17 heavy (non-hydrogen) atoms. The van der Waals surface area contributed by atoms with Crippen LogP contribution in [0.2, 0.25) is 0 Å². The Morgan fingerprint density at radius 2 is 2.29 bits per heavy atom. The van der Waals surface area contributed by atoms with Crippen molar-refractivity contribution in [3.05, 3.63) is 23.8 Å². The summed E-state index contributed by atoms with van der Waals surface area (Å²) in [7, 11) is 1.57. The molecule has 0 heterocycles. The number of rotatable bonds is 5. The van der Waals surface area contributed by atoms with Crippen LogP contribution in [-0.4, -0.2) is 19.6 Å². The predicted octanol–water partition coefficient (Wildman–Crippen LogP) is 1.81. The first kappa shape index (κ1) is 11.8. The molecule has 0 atom stereocenters. The fraction of sp³-hybridized carbons (Fsp3) is 0.462. The first-order chi connectivity index (χ1) is 8.20. The van der Waals surface area contributed by atoms with E-state index in [9.17, 15) is 4.79 Å². The Kier molecular flexibility index (Phi) is 3.52. The van der Waals surface area contributed by atoms with Crippen molar-refractivity contribution in [3.63, 3.8) is 0 Å². The summed E-state index contributed by atoms with van der Waals surface area (Å²) in [5.74, 6) is 1.38. The number of nitrogen functional groups attached to an aromatic ring is 1. The minimum atomic E-state index is -0.106. The molecular weight excluding hydrogens is 216 g/mol. The van der Waals surface area contributed by atoms with E-state index in [1.165, 1.54) is 12.8 Å². The smallest absolute Gasteiger partial charge is 0.253 e. The second kappa shape index (κ2) is 5.08. The number of nitrogens with two attached hydrogens (primary N) is 1. The van der Waals surface area contributed by atoms with Crippen LogP contribution in [0.15, 0.2) is 18.2 Å². The van der Waals surface area contributed by atoms with Gasteiger partial charge in [-0.15, -0.1) is 0 Å². The lowest BCUT2D eigenvalue weighted by Crippen LogP contribution is -2.25. The van der Waals surface area contributed by atoms with Crippen molar-refractivity contribution in [2.75, 3.05) is 19.4 Å². The van der Waals surface area contributed by atoms with Gasteiger partial charge in [0.1, 0.15) is 5.75 Å². The minimum absolute atomic E-state index is 0.106. The number of benzene rings is 1. The summed E-state index contributed by atoms with van der Waals surface area (Å²) in [6.45, 7) is 0.731. The van der Waals surface area contributed by atoms with Gasteiger partial charge in [-0.25, -0.2) is 0 Å². The van der Waals surface area contributed by atoms with Crippen molar-refractivity contribution in [1.29, 1.82) is 0 Å². The highest BCUT2D eigenvalue weighted by molar-refractivity contribution is 5.99. The second-order valence-electron chi connectivity index (χ2n) is 4.44. The summed E-state index contributed by atoms with van der Waals surface area (Å²) in [5.41, 5.74) is 6.77. The van der Waals surface area contributed by atoms with E-state index in [1.54, 1.807) is 25.3 Å². The maximum absolute atomic E-state index is 11.8. The van der Waals surface area contributed by atoms with Gasteiger partial charge in [0.2, 0.25) is 0 Å². The van der Waals surface area contributed by atoms with Crippen LogP contribution in [0.25, 0.3) is 0 Å². The summed E-state index contributed by atoms with van der Waals surface area (Å²) >= 11 is 0. The first-order valence-corrected chi connectivity index (χ1v) is 5.92. The zero-order chi connectivity index (χ0) is 12.3. The van der Waals surface area contributed by atoms with Gasteiger partial charge in [-0.1, -0.05) is 12.8 Å². The van der Waals surface area contributed by atoms with Crippen molar-refractivity contribution in [2.24, 2.45) is 5.92 Å². The number of nitrogens with one attached hydrogen (secondary N) is 1. The molecule has 2 rings (SSSR count). The molecule has 0 unspecified atom stereocenters. The van der Waals surface area contributed by atoms with Crippen LogP contribution >= 0.6 is 0 Å². The number of ether oxygens (including phenoxy) is 1. The quantitative estimate of drug-likeness (QED) is 0.764. The van der Waals surface area contributed by atoms with Gasteiger partial charge < -0.3 is 15.8 Å². The van der Waals surface area contributed by atoms with E-state index in [4.69, 9.17) is 10.5 Å². The van der Waals surface area contributed by atoms with Crippen molar-refractivity contribution in [3.8, 4) is 5.75 Å². The van der Waals surface area contributed by atoms with E-state index in [0.29, 0.717) is 17.0 Å². The number of hydrogen-bond donors (Lipinski definition) is 2. The SMILES string of the molecule is COc1ccc(C(=O)NCCC2CC2)c(N)c1. The first-order valence-electron chi connectivity index (χ1n) is 5.92. The van der Waals surface area contributed by atoms with Crippen molar-refractivity contribution < 1.29 is 9.53 Å². The molecule has 4 nitrogen and oxygen atoms in total. The summed E-state index contributed by atoms with van der Waals surface area (Å²) in [5, 5.41) is 2.89. The van der Waals surface area contributed by atoms with Crippen LogP contribution in [0, 0.1) is 5.92 Å². The zero-order valence-corrected chi connectivity index (χ0v) is 10.0. The average Bonchev–Trinajstić information content (AvgIpc) is 3.12. The summed E-state index contributed by atoms with van der Waals surface area (Å²) in [6.07, 6.45) is 3.68. The third-order valence-corrected chi connectivity index (χ3v) is 3.04. The van der Waals surface area contributed by atoms with Gasteiger partial charge in [0.05, 0.1) is 12.7 Å². The topological polar surface area (TPSA) is 64.3 Å². The maximum atomic E-state index is 11.8. The highest BCUT2D eigenvalue weighted by Crippen LogP contribution is 2.31. The molecular formula is C13H18N2O2. The Morgan fingerprint density at radius 1 is 1.53 bits per heavy atom. The maximum Gasteiger partial charge on any atom is 0.253 e. The van der Waals surface area contributed by atoms with Gasteiger partial charge in [0.25, 0.3) is 5.91 Å². The Morgan fingerprint density at radius 3 is 2.88 bits per heavy atom. The molecule has 1 aliphatic rings. The van der Waals surface area contributed by atoms with Gasteiger partial charge in [0.15, 0.2) is 0 Å². The summed E-state index contributed by atoms with van der Waals surface area (Å²) in [6, 6.07) is 5.10. The van der Waals surface area contributed by atoms with E-state index in [2.05, 4.69) is 5.32 Å². The number of carbonyl (C=O) groups is 1. The Hall–Kier alpha value is -1.71. The molecule has 0 spiro atoms. The van der Waals surface area contributed by atoms with Crippen molar-refractivity contribution in [2.45, 2.75) is 19.3 Å². The van der Waals surface area contributed by atoms with Crippen LogP contribution in [-0.2, 0) is 0 Å². The van der Waals surface area contributed by atoms with Gasteiger partial charge >= 0.3 is 0 Å². The number of amides is 1. The fourth-order valence-electron chi connectivity index (χ4n) is 1.77. The van der Waals surface area contributed by atoms with Crippen LogP contribution in [0.4, 0.5) is 5.69 Å². The number of carbonyl (C=O) groups excluding carboxylic acids is 1. The largest absolute Gasteiger partial charge is 0.497 e. The molecule has 1 aliphatic carbocycles. The summed E-state index contributed by atoms with van der Waals surface area (Å²) < 4.78 is 5.04. The molecule has 92 valence electrons. The van der Waals surface area contributed by atoms with E-state index in [-0.39, 0.29) is 5.91 Å². The molecule has 1 saturated carbocycles. The molecule has 1 aromatic rings. The minimum Gasteiger partial charge on any atom is -0.497 e. The number of methoxy groups -OCH3 is 1. The molecule has 1 aromatic carbocycles. The Balaban J connectivity index is 1.92. The van der Waals surface area contributed by atoms with Crippen LogP contribution in [0.5, 0.6) is 5.75 Å². The number of anilines is 1. The lowest BCUT2D eigenvalue weighted by atomic mass is 10.1. The molecule has 0 saturated heterocycles. The Bertz CT molecular complexity index is 414. The average molecular weight is 234 g/mol. The fourth-order valence-corrected chi connectivity index (χ4v) is 1.77. The highest BCUT2D eigenvalue weighted by Gasteiger charge is 2.20. The van der Waals surface area contributed by atoms with Gasteiger partial charge in [-0.05, 0) is 24.5 Å². The molecule has 0 aliphatic heterocycles. The van der Waals surface area contributed by atoms with Gasteiger partial charge in [-0.3, -0.25) is 4.79 Å². The predicted molar refractivity (Wildman–Crippen MR) is 67.1 cm³/mol. The standard InChI is InChI=1S/C13H18N2O2/c1-17-10-4-5-11(12(14)8-10)13(16)15-7-6-9-2-3-9/h4-5,8-9H,2-3,6-7,14H2,1H3,(H,15,16). The normalized spacial score (nSPS) is 14.4. The van der Waals surface area contributed by atoms with E-state index >= 15 is 0 Å². The molecule has 3 N–H and O–H groups in total. The van der Waals surface area contributed by atoms with Crippen LogP contribution in [0.3, 0.4) is 0 Å². The van der Waals surface area contributed by atoms with Gasteiger partial charge in [0, 0.05) is 18.3 Å². The molecule has 4 heteroatoms. The summed E-state index contributed by atoms with van der Waals surface area (Å²) in [4.78, 5) is 11.8. The number of hydrogen-bond acceptors (Lipinski definition) is 3. The molecule has 0 radical (unpaired) electrons. The van der Waals surface area contributed by atoms with Crippen molar-refractivity contribution >= 4 is 11.6 Å². The molecule has 1 amide bonds. The zero-order valence-electron chi connectivity index (χ0n) is 10.0. The van der Waals surface area contributed by atoms with E-state index < -0.39 is 0 Å². The third kappa shape index (κ3) is 3.12. The highest BCUT2D eigenvalue weighted by atomic mass is 16.5. The van der Waals surface area contributed by atoms with E-state index in [1.807, 2.05) is 0 Å². The van der Waals surface area contributed by atoms with Crippen LogP contribution in [0.1, 0.15) is 29.6 Å². The molecule has 1 fully saturated rings. The second-order valence-corrected chi connectivity index (χ2v) is 4.44.